The second-order valence-electron chi connectivity index (χ2n) is 9.13. The van der Waals surface area contributed by atoms with Crippen molar-refractivity contribution in [3.8, 4) is 0 Å². The van der Waals surface area contributed by atoms with Gasteiger partial charge in [-0.3, -0.25) is 5.43 Å². The molecule has 23 heavy (non-hydrogen) atoms. The summed E-state index contributed by atoms with van der Waals surface area (Å²) in [6.45, 7) is 17.0. The van der Waals surface area contributed by atoms with Gasteiger partial charge in [0, 0.05) is 12.1 Å². The SMILES string of the molecule is CC(C)(C)OC(=O)NNC1CCCC(O[Si](C)(C)C(C)(C)C)C1. The van der Waals surface area contributed by atoms with Gasteiger partial charge in [-0.15, -0.1) is 0 Å². The number of hydrogen-bond acceptors (Lipinski definition) is 4. The molecule has 0 heterocycles. The Balaban J connectivity index is 2.45. The van der Waals surface area contributed by atoms with Crippen molar-refractivity contribution in [1.29, 1.82) is 0 Å². The molecule has 0 saturated heterocycles. The molecule has 1 amide bonds. The van der Waals surface area contributed by atoms with E-state index in [9.17, 15) is 4.79 Å². The van der Waals surface area contributed by atoms with Gasteiger partial charge < -0.3 is 9.16 Å². The molecule has 1 aliphatic carbocycles. The van der Waals surface area contributed by atoms with Gasteiger partial charge in [0.15, 0.2) is 8.32 Å². The lowest BCUT2D eigenvalue weighted by Gasteiger charge is -2.41. The van der Waals surface area contributed by atoms with Gasteiger partial charge in [-0.25, -0.2) is 10.2 Å². The molecule has 0 spiro atoms. The summed E-state index contributed by atoms with van der Waals surface area (Å²) in [7, 11) is -1.74. The maximum atomic E-state index is 11.7. The molecule has 0 bridgehead atoms. The zero-order valence-corrected chi connectivity index (χ0v) is 17.2. The third kappa shape index (κ3) is 7.22. The Morgan fingerprint density at radius 3 is 2.22 bits per heavy atom. The van der Waals surface area contributed by atoms with Crippen LogP contribution in [0.5, 0.6) is 0 Å². The molecule has 0 aromatic rings. The van der Waals surface area contributed by atoms with Gasteiger partial charge in [0.25, 0.3) is 0 Å². The van der Waals surface area contributed by atoms with Crippen LogP contribution >= 0.6 is 0 Å². The highest BCUT2D eigenvalue weighted by molar-refractivity contribution is 6.74. The van der Waals surface area contributed by atoms with E-state index >= 15 is 0 Å². The highest BCUT2D eigenvalue weighted by atomic mass is 28.4. The summed E-state index contributed by atoms with van der Waals surface area (Å²) in [6, 6.07) is 0.242. The van der Waals surface area contributed by atoms with Gasteiger partial charge in [-0.05, 0) is 64.6 Å². The van der Waals surface area contributed by atoms with Crippen LogP contribution in [-0.2, 0) is 9.16 Å². The monoisotopic (exact) mass is 344 g/mol. The number of nitrogens with one attached hydrogen (secondary N) is 2. The number of carbonyl (C=O) groups is 1. The van der Waals surface area contributed by atoms with Gasteiger partial charge in [0.05, 0.1) is 0 Å². The average molecular weight is 345 g/mol. The highest BCUT2D eigenvalue weighted by Crippen LogP contribution is 2.39. The van der Waals surface area contributed by atoms with Gasteiger partial charge in [0.2, 0.25) is 0 Å². The lowest BCUT2D eigenvalue weighted by atomic mass is 9.93. The number of hydrogen-bond donors (Lipinski definition) is 2. The largest absolute Gasteiger partial charge is 0.443 e. The second-order valence-corrected chi connectivity index (χ2v) is 13.9. The molecule has 0 aliphatic heterocycles. The fraction of sp³-hybridized carbons (Fsp3) is 0.941. The van der Waals surface area contributed by atoms with Crippen molar-refractivity contribution >= 4 is 14.4 Å². The second kappa shape index (κ2) is 7.53. The van der Waals surface area contributed by atoms with Crippen LogP contribution in [0.1, 0.15) is 67.2 Å². The minimum Gasteiger partial charge on any atom is -0.443 e. The summed E-state index contributed by atoms with van der Waals surface area (Å²) in [4.78, 5) is 11.7. The van der Waals surface area contributed by atoms with E-state index < -0.39 is 20.0 Å². The maximum absolute atomic E-state index is 11.7. The highest BCUT2D eigenvalue weighted by Gasteiger charge is 2.40. The summed E-state index contributed by atoms with van der Waals surface area (Å²) in [5.41, 5.74) is 5.30. The average Bonchev–Trinajstić information content (AvgIpc) is 2.33. The van der Waals surface area contributed by atoms with Crippen LogP contribution in [0.25, 0.3) is 0 Å². The lowest BCUT2D eigenvalue weighted by molar-refractivity contribution is 0.0461. The number of hydrazine groups is 1. The van der Waals surface area contributed by atoms with Gasteiger partial charge in [-0.2, -0.15) is 0 Å². The van der Waals surface area contributed by atoms with Crippen molar-refractivity contribution < 1.29 is 14.0 Å². The Kier molecular flexibility index (Phi) is 6.70. The summed E-state index contributed by atoms with van der Waals surface area (Å²) in [6.07, 6.45) is 4.06. The quantitative estimate of drug-likeness (QED) is 0.588. The first kappa shape index (κ1) is 20.5. The fourth-order valence-electron chi connectivity index (χ4n) is 2.44. The molecule has 5 nitrogen and oxygen atoms in total. The van der Waals surface area contributed by atoms with E-state index in [1.807, 2.05) is 20.8 Å². The Morgan fingerprint density at radius 2 is 1.70 bits per heavy atom. The summed E-state index contributed by atoms with van der Waals surface area (Å²) in [5, 5.41) is 0.224. The summed E-state index contributed by atoms with van der Waals surface area (Å²) >= 11 is 0. The Bertz CT molecular complexity index is 400. The minimum absolute atomic E-state index is 0.224. The molecule has 136 valence electrons. The molecule has 0 aromatic carbocycles. The minimum atomic E-state index is -1.74. The van der Waals surface area contributed by atoms with Gasteiger partial charge >= 0.3 is 6.09 Å². The van der Waals surface area contributed by atoms with Crippen molar-refractivity contribution in [2.75, 3.05) is 0 Å². The van der Waals surface area contributed by atoms with Crippen LogP contribution in [0.2, 0.25) is 18.1 Å². The number of ether oxygens (including phenoxy) is 1. The van der Waals surface area contributed by atoms with E-state index in [4.69, 9.17) is 9.16 Å². The Hall–Kier alpha value is -0.593. The van der Waals surface area contributed by atoms with Gasteiger partial charge in [-0.1, -0.05) is 20.8 Å². The van der Waals surface area contributed by atoms with Crippen LogP contribution in [0.4, 0.5) is 4.79 Å². The molecule has 1 aliphatic rings. The molecule has 6 heteroatoms. The van der Waals surface area contributed by atoms with Crippen molar-refractivity contribution in [2.45, 2.75) is 103 Å². The molecule has 2 atom stereocenters. The van der Waals surface area contributed by atoms with Crippen molar-refractivity contribution in [3.05, 3.63) is 0 Å². The van der Waals surface area contributed by atoms with Crippen LogP contribution in [0.3, 0.4) is 0 Å². The van der Waals surface area contributed by atoms with Crippen LogP contribution in [0, 0.1) is 0 Å². The Labute approximate surface area is 143 Å². The third-order valence-corrected chi connectivity index (χ3v) is 9.21. The Morgan fingerprint density at radius 1 is 1.09 bits per heavy atom. The molecular weight excluding hydrogens is 308 g/mol. The van der Waals surface area contributed by atoms with E-state index in [-0.39, 0.29) is 17.2 Å². The molecule has 1 fully saturated rings. The molecular formula is C17H36N2O3Si. The first-order valence-corrected chi connectivity index (χ1v) is 11.6. The lowest BCUT2D eigenvalue weighted by Crippen LogP contribution is -2.51. The van der Waals surface area contributed by atoms with Crippen LogP contribution in [-0.4, -0.2) is 32.2 Å². The van der Waals surface area contributed by atoms with E-state index in [2.05, 4.69) is 44.7 Å². The fourth-order valence-corrected chi connectivity index (χ4v) is 3.84. The number of rotatable bonds is 4. The molecule has 2 N–H and O–H groups in total. The number of amides is 1. The zero-order valence-electron chi connectivity index (χ0n) is 16.2. The zero-order chi connectivity index (χ0) is 17.9. The number of carbonyl (C=O) groups excluding carboxylic acids is 1. The van der Waals surface area contributed by atoms with Crippen LogP contribution < -0.4 is 10.9 Å². The van der Waals surface area contributed by atoms with Crippen molar-refractivity contribution in [2.24, 2.45) is 0 Å². The molecule has 1 rings (SSSR count). The van der Waals surface area contributed by atoms with E-state index in [0.717, 1.165) is 25.7 Å². The van der Waals surface area contributed by atoms with E-state index in [0.29, 0.717) is 0 Å². The third-order valence-electron chi connectivity index (χ3n) is 4.67. The van der Waals surface area contributed by atoms with Gasteiger partial charge in [0.1, 0.15) is 5.60 Å². The predicted molar refractivity (Wildman–Crippen MR) is 96.8 cm³/mol. The topological polar surface area (TPSA) is 59.6 Å². The van der Waals surface area contributed by atoms with Crippen molar-refractivity contribution in [3.63, 3.8) is 0 Å². The summed E-state index contributed by atoms with van der Waals surface area (Å²) < 4.78 is 11.8. The predicted octanol–water partition coefficient (Wildman–Crippen LogP) is 4.35. The van der Waals surface area contributed by atoms with Crippen molar-refractivity contribution in [1.82, 2.24) is 10.9 Å². The molecule has 2 unspecified atom stereocenters. The maximum Gasteiger partial charge on any atom is 0.422 e. The molecule has 1 saturated carbocycles. The summed E-state index contributed by atoms with van der Waals surface area (Å²) in [5.74, 6) is 0. The normalized spacial score (nSPS) is 23.5. The van der Waals surface area contributed by atoms with Crippen LogP contribution in [0.15, 0.2) is 0 Å². The first-order valence-electron chi connectivity index (χ1n) is 8.72. The molecule has 0 aromatic heterocycles. The van der Waals surface area contributed by atoms with E-state index in [1.165, 1.54) is 0 Å². The standard InChI is InChI=1S/C17H36N2O3Si/c1-16(2,3)21-15(20)19-18-13-10-9-11-14(12-13)22-23(7,8)17(4,5)6/h13-14,18H,9-12H2,1-8H3,(H,19,20). The first-order chi connectivity index (χ1) is 10.3. The smallest absolute Gasteiger partial charge is 0.422 e. The molecule has 0 radical (unpaired) electrons. The van der Waals surface area contributed by atoms with E-state index in [1.54, 1.807) is 0 Å².